The molecule has 3 rings (SSSR count). The second-order valence-electron chi connectivity index (χ2n) is 4.86. The van der Waals surface area contributed by atoms with Crippen molar-refractivity contribution in [2.75, 3.05) is 0 Å². The van der Waals surface area contributed by atoms with E-state index in [2.05, 4.69) is 4.99 Å². The predicted octanol–water partition coefficient (Wildman–Crippen LogP) is 4.55. The number of aromatic nitrogens is 1. The molecule has 1 heterocycles. The van der Waals surface area contributed by atoms with E-state index in [0.717, 1.165) is 16.1 Å². The summed E-state index contributed by atoms with van der Waals surface area (Å²) in [5, 5.41) is 13.5. The van der Waals surface area contributed by atoms with E-state index < -0.39 is 4.92 Å². The van der Waals surface area contributed by atoms with Gasteiger partial charge in [0.1, 0.15) is 0 Å². The molecule has 1 aromatic heterocycles. The molecule has 0 aliphatic rings. The Hall–Kier alpha value is -2.44. The van der Waals surface area contributed by atoms with E-state index in [1.165, 1.54) is 23.5 Å². The van der Waals surface area contributed by atoms with Crippen molar-refractivity contribution in [3.8, 4) is 11.3 Å². The van der Waals surface area contributed by atoms with Crippen LogP contribution >= 0.6 is 22.9 Å². The van der Waals surface area contributed by atoms with E-state index in [-0.39, 0.29) is 5.69 Å². The summed E-state index contributed by atoms with van der Waals surface area (Å²) in [6.07, 6.45) is 0. The molecular weight excluding hydrogens is 334 g/mol. The lowest BCUT2D eigenvalue weighted by molar-refractivity contribution is -0.384. The van der Waals surface area contributed by atoms with Gasteiger partial charge in [-0.2, -0.15) is 0 Å². The highest BCUT2D eigenvalue weighted by atomic mass is 35.5. The summed E-state index contributed by atoms with van der Waals surface area (Å²) in [5.41, 5.74) is 2.63. The van der Waals surface area contributed by atoms with Gasteiger partial charge in [-0.15, -0.1) is 11.3 Å². The van der Waals surface area contributed by atoms with Gasteiger partial charge in [0, 0.05) is 29.6 Å². The molecule has 116 valence electrons. The summed E-state index contributed by atoms with van der Waals surface area (Å²) in [6, 6.07) is 13.9. The van der Waals surface area contributed by atoms with Crippen molar-refractivity contribution in [3.63, 3.8) is 0 Å². The van der Waals surface area contributed by atoms with Gasteiger partial charge in [0.05, 0.1) is 16.3 Å². The average Bonchev–Trinajstić information content (AvgIpc) is 2.89. The van der Waals surface area contributed by atoms with Crippen LogP contribution in [0.25, 0.3) is 11.3 Å². The molecule has 0 aliphatic carbocycles. The van der Waals surface area contributed by atoms with Gasteiger partial charge in [-0.05, 0) is 23.8 Å². The van der Waals surface area contributed by atoms with Crippen molar-refractivity contribution >= 4 is 34.3 Å². The first-order chi connectivity index (χ1) is 11.0. The minimum atomic E-state index is -0.424. The third kappa shape index (κ3) is 3.33. The number of nitro groups is 1. The SMILES string of the molecule is Cn1c(-c2ccc(Cl)cc2)csc1=Nc1cccc([N+](=O)[O-])c1. The van der Waals surface area contributed by atoms with Crippen LogP contribution in [-0.2, 0) is 7.05 Å². The van der Waals surface area contributed by atoms with Crippen molar-refractivity contribution < 1.29 is 4.92 Å². The van der Waals surface area contributed by atoms with Crippen LogP contribution in [0.3, 0.4) is 0 Å². The highest BCUT2D eigenvalue weighted by Crippen LogP contribution is 2.23. The number of hydrogen-bond acceptors (Lipinski definition) is 4. The number of nitro benzene ring substituents is 1. The quantitative estimate of drug-likeness (QED) is 0.516. The molecule has 0 spiro atoms. The Morgan fingerprint density at radius 3 is 2.65 bits per heavy atom. The molecule has 23 heavy (non-hydrogen) atoms. The van der Waals surface area contributed by atoms with Crippen molar-refractivity contribution in [2.24, 2.45) is 12.0 Å². The largest absolute Gasteiger partial charge is 0.320 e. The molecule has 0 saturated carbocycles. The number of halogens is 1. The zero-order valence-corrected chi connectivity index (χ0v) is 13.7. The Bertz CT molecular complexity index is 929. The third-order valence-electron chi connectivity index (χ3n) is 3.33. The molecule has 3 aromatic rings. The molecule has 0 saturated heterocycles. The fraction of sp³-hybridized carbons (Fsp3) is 0.0625. The lowest BCUT2D eigenvalue weighted by Gasteiger charge is -2.03. The molecule has 0 unspecified atom stereocenters. The van der Waals surface area contributed by atoms with Gasteiger partial charge < -0.3 is 4.57 Å². The fourth-order valence-corrected chi connectivity index (χ4v) is 3.19. The summed E-state index contributed by atoms with van der Waals surface area (Å²) in [6.45, 7) is 0. The van der Waals surface area contributed by atoms with Crippen LogP contribution in [0.4, 0.5) is 11.4 Å². The van der Waals surface area contributed by atoms with Crippen molar-refractivity contribution in [1.29, 1.82) is 0 Å². The van der Waals surface area contributed by atoms with Crippen molar-refractivity contribution in [3.05, 3.63) is 73.8 Å². The maximum Gasteiger partial charge on any atom is 0.271 e. The molecule has 0 amide bonds. The van der Waals surface area contributed by atoms with E-state index in [0.29, 0.717) is 10.7 Å². The second kappa shape index (κ2) is 6.36. The lowest BCUT2D eigenvalue weighted by Crippen LogP contribution is -2.10. The van der Waals surface area contributed by atoms with Gasteiger partial charge in [0.2, 0.25) is 0 Å². The maximum atomic E-state index is 10.8. The number of benzene rings is 2. The van der Waals surface area contributed by atoms with Crippen LogP contribution < -0.4 is 4.80 Å². The van der Waals surface area contributed by atoms with E-state index in [9.17, 15) is 10.1 Å². The van der Waals surface area contributed by atoms with E-state index in [1.54, 1.807) is 12.1 Å². The highest BCUT2D eigenvalue weighted by molar-refractivity contribution is 7.07. The number of non-ortho nitro benzene ring substituents is 1. The fourth-order valence-electron chi connectivity index (χ4n) is 2.14. The van der Waals surface area contributed by atoms with Crippen LogP contribution in [0.5, 0.6) is 0 Å². The van der Waals surface area contributed by atoms with Crippen molar-refractivity contribution in [2.45, 2.75) is 0 Å². The normalized spacial score (nSPS) is 11.7. The first kappa shape index (κ1) is 15.5. The van der Waals surface area contributed by atoms with Crippen LogP contribution in [-0.4, -0.2) is 9.49 Å². The molecule has 2 aromatic carbocycles. The lowest BCUT2D eigenvalue weighted by atomic mass is 10.2. The topological polar surface area (TPSA) is 60.4 Å². The number of nitrogens with zero attached hydrogens (tertiary/aromatic N) is 3. The van der Waals surface area contributed by atoms with E-state index in [4.69, 9.17) is 11.6 Å². The Morgan fingerprint density at radius 1 is 1.22 bits per heavy atom. The zero-order chi connectivity index (χ0) is 16.4. The van der Waals surface area contributed by atoms with Gasteiger partial charge in [-0.25, -0.2) is 4.99 Å². The zero-order valence-electron chi connectivity index (χ0n) is 12.1. The minimum absolute atomic E-state index is 0.0309. The summed E-state index contributed by atoms with van der Waals surface area (Å²) < 4.78 is 1.95. The first-order valence-electron chi connectivity index (χ1n) is 6.74. The Labute approximate surface area is 141 Å². The maximum absolute atomic E-state index is 10.8. The minimum Gasteiger partial charge on any atom is -0.320 e. The monoisotopic (exact) mass is 345 g/mol. The summed E-state index contributed by atoms with van der Waals surface area (Å²) in [4.78, 5) is 15.7. The molecule has 5 nitrogen and oxygen atoms in total. The van der Waals surface area contributed by atoms with Gasteiger partial charge in [0.25, 0.3) is 5.69 Å². The summed E-state index contributed by atoms with van der Waals surface area (Å²) in [5.74, 6) is 0. The Kier molecular flexibility index (Phi) is 4.27. The van der Waals surface area contributed by atoms with E-state index in [1.807, 2.05) is 41.3 Å². The number of rotatable bonds is 3. The molecule has 0 atom stereocenters. The predicted molar refractivity (Wildman–Crippen MR) is 92.1 cm³/mol. The second-order valence-corrected chi connectivity index (χ2v) is 6.13. The standard InChI is InChI=1S/C16H12ClN3O2S/c1-19-15(11-5-7-12(17)8-6-11)10-23-16(19)18-13-3-2-4-14(9-13)20(21)22/h2-10H,1H3. The van der Waals surface area contributed by atoms with E-state index >= 15 is 0 Å². The first-order valence-corrected chi connectivity index (χ1v) is 8.00. The van der Waals surface area contributed by atoms with Gasteiger partial charge in [0.15, 0.2) is 4.80 Å². The van der Waals surface area contributed by atoms with Crippen LogP contribution in [0.2, 0.25) is 5.02 Å². The van der Waals surface area contributed by atoms with Crippen LogP contribution in [0.1, 0.15) is 0 Å². The Balaban J connectivity index is 2.03. The molecule has 0 radical (unpaired) electrons. The van der Waals surface area contributed by atoms with Gasteiger partial charge >= 0.3 is 0 Å². The average molecular weight is 346 g/mol. The smallest absolute Gasteiger partial charge is 0.271 e. The molecule has 0 fully saturated rings. The van der Waals surface area contributed by atoms with Gasteiger partial charge in [-0.1, -0.05) is 29.8 Å². The van der Waals surface area contributed by atoms with Gasteiger partial charge in [-0.3, -0.25) is 10.1 Å². The molecular formula is C16H12ClN3O2S. The molecule has 0 aliphatic heterocycles. The number of thiazole rings is 1. The molecule has 7 heteroatoms. The number of hydrogen-bond donors (Lipinski definition) is 0. The summed E-state index contributed by atoms with van der Waals surface area (Å²) in [7, 11) is 1.91. The van der Waals surface area contributed by atoms with Crippen LogP contribution in [0.15, 0.2) is 58.9 Å². The Morgan fingerprint density at radius 2 is 1.96 bits per heavy atom. The van der Waals surface area contributed by atoms with Crippen LogP contribution in [0, 0.1) is 10.1 Å². The summed E-state index contributed by atoms with van der Waals surface area (Å²) >= 11 is 7.39. The third-order valence-corrected chi connectivity index (χ3v) is 4.50. The highest BCUT2D eigenvalue weighted by Gasteiger charge is 2.07. The molecule has 0 bridgehead atoms. The van der Waals surface area contributed by atoms with Crippen molar-refractivity contribution in [1.82, 2.24) is 4.57 Å². The molecule has 0 N–H and O–H groups in total.